The number of carboxylic acid groups (broad SMARTS) is 1. The van der Waals surface area contributed by atoms with Gasteiger partial charge in [0.1, 0.15) is 17.5 Å². The standard InChI is InChI=1S/C26H34BrN5O5Si/c1-15-11-29-13-20(23(15)37-38(5,6)26(2,3)4)32(25(34)35)19-9-10-28-12-18(19)31-24(33)17-7-8-21-22(30-17)16(27)14-36-21/h7-10,12,14-15,20,23,29H,11,13H2,1-6H3,(H,31,33)(H,34,35)/t15-,20+,23+/m0/s1. The molecule has 2 amide bonds. The van der Waals surface area contributed by atoms with E-state index in [2.05, 4.69) is 77.3 Å². The van der Waals surface area contributed by atoms with Crippen molar-refractivity contribution in [2.75, 3.05) is 23.3 Å². The summed E-state index contributed by atoms with van der Waals surface area (Å²) < 4.78 is 12.8. The van der Waals surface area contributed by atoms with E-state index >= 15 is 0 Å². The summed E-state index contributed by atoms with van der Waals surface area (Å²) >= 11 is 3.37. The summed E-state index contributed by atoms with van der Waals surface area (Å²) in [4.78, 5) is 35.8. The molecule has 3 aromatic heterocycles. The van der Waals surface area contributed by atoms with Gasteiger partial charge in [0.25, 0.3) is 5.91 Å². The smallest absolute Gasteiger partial charge is 0.412 e. The quantitative estimate of drug-likeness (QED) is 0.305. The lowest BCUT2D eigenvalue weighted by Crippen LogP contribution is -2.62. The Morgan fingerprint density at radius 2 is 2.00 bits per heavy atom. The van der Waals surface area contributed by atoms with Gasteiger partial charge in [-0.1, -0.05) is 27.7 Å². The number of aromatic nitrogens is 2. The molecule has 1 aliphatic heterocycles. The number of anilines is 2. The van der Waals surface area contributed by atoms with Crippen molar-refractivity contribution in [2.24, 2.45) is 5.92 Å². The molecule has 4 heterocycles. The summed E-state index contributed by atoms with van der Waals surface area (Å²) in [5.41, 5.74) is 1.79. The number of fused-ring (bicyclic) bond motifs is 1. The van der Waals surface area contributed by atoms with Crippen LogP contribution in [0.4, 0.5) is 16.2 Å². The van der Waals surface area contributed by atoms with Crippen molar-refractivity contribution in [1.82, 2.24) is 15.3 Å². The van der Waals surface area contributed by atoms with Gasteiger partial charge in [-0.25, -0.2) is 9.78 Å². The maximum atomic E-state index is 13.2. The van der Waals surface area contributed by atoms with Crippen LogP contribution in [0.15, 0.2) is 45.7 Å². The summed E-state index contributed by atoms with van der Waals surface area (Å²) in [7, 11) is -2.21. The molecule has 0 saturated carbocycles. The third-order valence-electron chi connectivity index (χ3n) is 7.45. The second kappa shape index (κ2) is 10.8. The van der Waals surface area contributed by atoms with Crippen LogP contribution >= 0.6 is 15.9 Å². The predicted molar refractivity (Wildman–Crippen MR) is 152 cm³/mol. The first kappa shape index (κ1) is 28.2. The lowest BCUT2D eigenvalue weighted by atomic mass is 9.92. The third kappa shape index (κ3) is 5.63. The summed E-state index contributed by atoms with van der Waals surface area (Å²) in [5.74, 6) is -0.419. The van der Waals surface area contributed by atoms with Gasteiger partial charge < -0.3 is 24.6 Å². The molecule has 4 rings (SSSR count). The van der Waals surface area contributed by atoms with E-state index in [1.807, 2.05) is 0 Å². The molecule has 38 heavy (non-hydrogen) atoms. The summed E-state index contributed by atoms with van der Waals surface area (Å²) in [5, 5.41) is 16.6. The molecule has 1 saturated heterocycles. The second-order valence-electron chi connectivity index (χ2n) is 11.2. The maximum absolute atomic E-state index is 13.2. The van der Waals surface area contributed by atoms with Crippen LogP contribution in [0.1, 0.15) is 38.2 Å². The zero-order valence-corrected chi connectivity index (χ0v) is 25.0. The van der Waals surface area contributed by atoms with E-state index in [9.17, 15) is 14.7 Å². The highest BCUT2D eigenvalue weighted by Crippen LogP contribution is 2.40. The molecule has 0 unspecified atom stereocenters. The second-order valence-corrected chi connectivity index (χ2v) is 16.8. The third-order valence-corrected chi connectivity index (χ3v) is 12.5. The Hall–Kier alpha value is -2.80. The Morgan fingerprint density at radius 1 is 1.26 bits per heavy atom. The van der Waals surface area contributed by atoms with Crippen molar-refractivity contribution >= 4 is 58.7 Å². The molecule has 204 valence electrons. The van der Waals surface area contributed by atoms with Crippen molar-refractivity contribution in [3.63, 3.8) is 0 Å². The van der Waals surface area contributed by atoms with Crippen LogP contribution in [0.5, 0.6) is 0 Å². The van der Waals surface area contributed by atoms with Crippen molar-refractivity contribution in [2.45, 2.75) is 58.0 Å². The first-order valence-corrected chi connectivity index (χ1v) is 16.2. The molecular weight excluding hydrogens is 570 g/mol. The van der Waals surface area contributed by atoms with Gasteiger partial charge in [0.15, 0.2) is 13.9 Å². The maximum Gasteiger partial charge on any atom is 0.412 e. The van der Waals surface area contributed by atoms with E-state index < -0.39 is 26.4 Å². The number of hydrogen-bond acceptors (Lipinski definition) is 7. The monoisotopic (exact) mass is 603 g/mol. The Morgan fingerprint density at radius 3 is 2.68 bits per heavy atom. The zero-order chi connectivity index (χ0) is 27.8. The van der Waals surface area contributed by atoms with Crippen molar-refractivity contribution in [1.29, 1.82) is 0 Å². The van der Waals surface area contributed by atoms with Crippen molar-refractivity contribution in [3.8, 4) is 0 Å². The summed E-state index contributed by atoms with van der Waals surface area (Å²) in [6.07, 6.45) is 2.99. The van der Waals surface area contributed by atoms with Crippen LogP contribution in [-0.4, -0.2) is 60.6 Å². The normalized spacial score (nSPS) is 20.3. The number of carbonyl (C=O) groups is 2. The van der Waals surface area contributed by atoms with E-state index in [4.69, 9.17) is 8.84 Å². The molecule has 0 radical (unpaired) electrons. The SMILES string of the molecule is C[C@H]1CNC[C@@H](N(C(=O)O)c2ccncc2NC(=O)c2ccc3occ(Br)c3n2)[C@@H]1O[Si](C)(C)C(C)(C)C. The van der Waals surface area contributed by atoms with Gasteiger partial charge in [0, 0.05) is 19.3 Å². The molecule has 0 aliphatic carbocycles. The highest BCUT2D eigenvalue weighted by molar-refractivity contribution is 9.10. The predicted octanol–water partition coefficient (Wildman–Crippen LogP) is 5.72. The molecule has 0 aromatic carbocycles. The van der Waals surface area contributed by atoms with Crippen LogP contribution in [0.3, 0.4) is 0 Å². The molecule has 3 N–H and O–H groups in total. The minimum absolute atomic E-state index is 0.0376. The fraction of sp³-hybridized carbons (Fsp3) is 0.462. The molecule has 12 heteroatoms. The minimum atomic E-state index is -2.21. The minimum Gasteiger partial charge on any atom is -0.465 e. The Balaban J connectivity index is 1.68. The number of pyridine rings is 2. The molecular formula is C26H34BrN5O5Si. The molecule has 0 spiro atoms. The number of nitrogens with one attached hydrogen (secondary N) is 2. The van der Waals surface area contributed by atoms with Gasteiger partial charge in [-0.2, -0.15) is 0 Å². The number of rotatable bonds is 6. The van der Waals surface area contributed by atoms with Gasteiger partial charge in [-0.05, 0) is 58.2 Å². The molecule has 3 atom stereocenters. The largest absolute Gasteiger partial charge is 0.465 e. The Kier molecular flexibility index (Phi) is 7.98. The number of furan rings is 1. The van der Waals surface area contributed by atoms with E-state index in [-0.39, 0.29) is 28.4 Å². The first-order chi connectivity index (χ1) is 17.8. The number of amides is 2. The van der Waals surface area contributed by atoms with Crippen LogP contribution in [0.2, 0.25) is 18.1 Å². The van der Waals surface area contributed by atoms with Gasteiger partial charge in [-0.3, -0.25) is 14.7 Å². The lowest BCUT2D eigenvalue weighted by molar-refractivity contribution is 0.0740. The first-order valence-electron chi connectivity index (χ1n) is 12.5. The van der Waals surface area contributed by atoms with Crippen LogP contribution < -0.4 is 15.5 Å². The fourth-order valence-electron chi connectivity index (χ4n) is 4.33. The number of halogens is 1. The Labute approximate surface area is 231 Å². The van der Waals surface area contributed by atoms with Crippen LogP contribution in [0.25, 0.3) is 11.1 Å². The number of hydrogen-bond donors (Lipinski definition) is 3. The van der Waals surface area contributed by atoms with E-state index in [1.165, 1.54) is 23.6 Å². The van der Waals surface area contributed by atoms with Gasteiger partial charge in [-0.15, -0.1) is 0 Å². The molecule has 1 aliphatic rings. The average molecular weight is 605 g/mol. The lowest BCUT2D eigenvalue weighted by Gasteiger charge is -2.47. The van der Waals surface area contributed by atoms with Crippen molar-refractivity contribution < 1.29 is 23.5 Å². The van der Waals surface area contributed by atoms with E-state index in [0.29, 0.717) is 27.8 Å². The molecule has 3 aromatic rings. The number of carbonyl (C=O) groups excluding carboxylic acids is 1. The highest BCUT2D eigenvalue weighted by atomic mass is 79.9. The average Bonchev–Trinajstić information content (AvgIpc) is 3.21. The molecule has 0 bridgehead atoms. The highest BCUT2D eigenvalue weighted by Gasteiger charge is 2.46. The number of piperidine rings is 1. The Bertz CT molecular complexity index is 1340. The summed E-state index contributed by atoms with van der Waals surface area (Å²) in [6, 6.07) is 4.29. The van der Waals surface area contributed by atoms with Gasteiger partial charge in [0.2, 0.25) is 0 Å². The van der Waals surface area contributed by atoms with Crippen molar-refractivity contribution in [3.05, 3.63) is 47.0 Å². The van der Waals surface area contributed by atoms with E-state index in [1.54, 1.807) is 18.2 Å². The van der Waals surface area contributed by atoms with Crippen LogP contribution in [0, 0.1) is 5.92 Å². The molecule has 10 nitrogen and oxygen atoms in total. The van der Waals surface area contributed by atoms with E-state index in [0.717, 1.165) is 6.54 Å². The van der Waals surface area contributed by atoms with Gasteiger partial charge in [0.05, 0.1) is 34.2 Å². The zero-order valence-electron chi connectivity index (χ0n) is 22.4. The summed E-state index contributed by atoms with van der Waals surface area (Å²) in [6.45, 7) is 14.0. The topological polar surface area (TPSA) is 130 Å². The fourth-order valence-corrected chi connectivity index (χ4v) is 6.13. The van der Waals surface area contributed by atoms with Gasteiger partial charge >= 0.3 is 6.09 Å². The number of nitrogens with zero attached hydrogens (tertiary/aromatic N) is 3. The molecule has 1 fully saturated rings. The van der Waals surface area contributed by atoms with Crippen LogP contribution in [-0.2, 0) is 4.43 Å².